The van der Waals surface area contributed by atoms with E-state index in [0.29, 0.717) is 16.9 Å². The molecule has 0 amide bonds. The molecule has 26 heavy (non-hydrogen) atoms. The molecular formula is C20H16N2O3S. The molecule has 0 saturated heterocycles. The van der Waals surface area contributed by atoms with Crippen molar-refractivity contribution in [1.82, 2.24) is 5.16 Å². The third kappa shape index (κ3) is 4.52. The van der Waals surface area contributed by atoms with Crippen LogP contribution in [0.15, 0.2) is 64.0 Å². The topological polar surface area (TPSA) is 76.1 Å². The van der Waals surface area contributed by atoms with Crippen LogP contribution < -0.4 is 0 Å². The second-order valence-corrected chi connectivity index (χ2v) is 6.62. The van der Waals surface area contributed by atoms with Gasteiger partial charge in [0, 0.05) is 16.7 Å². The van der Waals surface area contributed by atoms with Crippen LogP contribution in [-0.4, -0.2) is 11.1 Å². The molecule has 3 rings (SSSR count). The summed E-state index contributed by atoms with van der Waals surface area (Å²) >= 11 is 1.50. The lowest BCUT2D eigenvalue weighted by Gasteiger charge is -2.09. The quantitative estimate of drug-likeness (QED) is 0.473. The van der Waals surface area contributed by atoms with Crippen molar-refractivity contribution < 1.29 is 14.1 Å². The van der Waals surface area contributed by atoms with Gasteiger partial charge in [0.15, 0.2) is 0 Å². The van der Waals surface area contributed by atoms with Crippen molar-refractivity contribution in [3.05, 3.63) is 82.7 Å². The number of nitriles is 1. The van der Waals surface area contributed by atoms with Gasteiger partial charge in [0.05, 0.1) is 22.9 Å². The van der Waals surface area contributed by atoms with Gasteiger partial charge in [-0.2, -0.15) is 5.26 Å². The summed E-state index contributed by atoms with van der Waals surface area (Å²) in [6.45, 7) is 1.96. The highest BCUT2D eigenvalue weighted by Crippen LogP contribution is 2.27. The maximum Gasteiger partial charge on any atom is 0.339 e. The lowest BCUT2D eigenvalue weighted by molar-refractivity contribution is 0.0468. The van der Waals surface area contributed by atoms with Gasteiger partial charge in [0.25, 0.3) is 0 Å². The molecule has 6 heteroatoms. The first-order valence-corrected chi connectivity index (χ1v) is 8.94. The Morgan fingerprint density at radius 3 is 2.85 bits per heavy atom. The molecule has 3 aromatic rings. The van der Waals surface area contributed by atoms with E-state index in [1.807, 2.05) is 31.2 Å². The number of aromatic nitrogens is 1. The van der Waals surface area contributed by atoms with E-state index in [4.69, 9.17) is 14.5 Å². The molecule has 0 aliphatic heterocycles. The number of aryl methyl sites for hydroxylation is 1. The third-order valence-corrected chi connectivity index (χ3v) is 4.69. The number of carbonyl (C=O) groups is 1. The Bertz CT molecular complexity index is 959. The highest BCUT2D eigenvalue weighted by Gasteiger charge is 2.14. The highest BCUT2D eigenvalue weighted by atomic mass is 32.2. The number of benzene rings is 2. The molecule has 0 N–H and O–H groups in total. The van der Waals surface area contributed by atoms with Gasteiger partial charge in [-0.1, -0.05) is 29.4 Å². The lowest BCUT2D eigenvalue weighted by atomic mass is 10.1. The highest BCUT2D eigenvalue weighted by molar-refractivity contribution is 7.98. The van der Waals surface area contributed by atoms with Crippen LogP contribution in [-0.2, 0) is 17.1 Å². The zero-order chi connectivity index (χ0) is 18.4. The Balaban J connectivity index is 1.66. The standard InChI is InChI=1S/C20H16N2O3S/c1-14-9-17(22-25-14)13-26-19-8-3-2-7-18(19)20(23)24-12-16-6-4-5-15(10-16)11-21/h2-10H,12-13H2,1H3. The van der Waals surface area contributed by atoms with Crippen LogP contribution in [0, 0.1) is 18.3 Å². The predicted octanol–water partition coefficient (Wildman–Crippen LogP) is 4.50. The van der Waals surface area contributed by atoms with Gasteiger partial charge < -0.3 is 9.26 Å². The Labute approximate surface area is 155 Å². The molecule has 0 spiro atoms. The Morgan fingerprint density at radius 1 is 1.23 bits per heavy atom. The summed E-state index contributed by atoms with van der Waals surface area (Å²) < 4.78 is 10.5. The van der Waals surface area contributed by atoms with Crippen LogP contribution in [0.4, 0.5) is 0 Å². The zero-order valence-corrected chi connectivity index (χ0v) is 15.0. The van der Waals surface area contributed by atoms with Gasteiger partial charge >= 0.3 is 5.97 Å². The van der Waals surface area contributed by atoms with Crippen molar-refractivity contribution in [3.8, 4) is 6.07 Å². The Kier molecular flexibility index (Phi) is 5.72. The monoisotopic (exact) mass is 364 g/mol. The van der Waals surface area contributed by atoms with Crippen molar-refractivity contribution in [2.24, 2.45) is 0 Å². The van der Waals surface area contributed by atoms with Crippen molar-refractivity contribution in [2.45, 2.75) is 24.2 Å². The summed E-state index contributed by atoms with van der Waals surface area (Å²) in [6.07, 6.45) is 0. The van der Waals surface area contributed by atoms with E-state index in [9.17, 15) is 4.79 Å². The molecule has 1 heterocycles. The van der Waals surface area contributed by atoms with Gasteiger partial charge in [-0.15, -0.1) is 11.8 Å². The number of carbonyl (C=O) groups excluding carboxylic acids is 1. The first-order valence-electron chi connectivity index (χ1n) is 7.96. The van der Waals surface area contributed by atoms with Crippen molar-refractivity contribution in [2.75, 3.05) is 0 Å². The molecule has 2 aromatic carbocycles. The molecule has 0 fully saturated rings. The first-order chi connectivity index (χ1) is 12.7. The van der Waals surface area contributed by atoms with Crippen LogP contribution in [0.3, 0.4) is 0 Å². The smallest absolute Gasteiger partial charge is 0.339 e. The Hall–Kier alpha value is -3.04. The average Bonchev–Trinajstić information content (AvgIpc) is 3.10. The molecule has 0 radical (unpaired) electrons. The van der Waals surface area contributed by atoms with Crippen LogP contribution >= 0.6 is 11.8 Å². The molecule has 0 unspecified atom stereocenters. The number of esters is 1. The normalized spacial score (nSPS) is 10.3. The van der Waals surface area contributed by atoms with Crippen LogP contribution in [0.25, 0.3) is 0 Å². The van der Waals surface area contributed by atoms with Gasteiger partial charge in [0.1, 0.15) is 12.4 Å². The van der Waals surface area contributed by atoms with Crippen LogP contribution in [0.5, 0.6) is 0 Å². The van der Waals surface area contributed by atoms with E-state index < -0.39 is 5.97 Å². The van der Waals surface area contributed by atoms with Crippen LogP contribution in [0.2, 0.25) is 0 Å². The molecule has 0 bridgehead atoms. The summed E-state index contributed by atoms with van der Waals surface area (Å²) in [6, 6.07) is 18.3. The second kappa shape index (κ2) is 8.37. The maximum atomic E-state index is 12.5. The molecule has 0 aliphatic carbocycles. The van der Waals surface area contributed by atoms with Gasteiger partial charge in [-0.05, 0) is 36.8 Å². The lowest BCUT2D eigenvalue weighted by Crippen LogP contribution is -2.06. The molecule has 0 saturated carbocycles. The zero-order valence-electron chi connectivity index (χ0n) is 14.1. The number of rotatable bonds is 6. The Morgan fingerprint density at radius 2 is 2.08 bits per heavy atom. The number of hydrogen-bond donors (Lipinski definition) is 0. The van der Waals surface area contributed by atoms with E-state index in [1.54, 1.807) is 30.3 Å². The molecular weight excluding hydrogens is 348 g/mol. The average molecular weight is 364 g/mol. The molecule has 0 aliphatic rings. The van der Waals surface area contributed by atoms with E-state index >= 15 is 0 Å². The summed E-state index contributed by atoms with van der Waals surface area (Å²) in [5.74, 6) is 0.964. The molecule has 0 atom stereocenters. The number of hydrogen-bond acceptors (Lipinski definition) is 6. The second-order valence-electron chi connectivity index (χ2n) is 5.60. The fraction of sp³-hybridized carbons (Fsp3) is 0.150. The molecule has 130 valence electrons. The first kappa shape index (κ1) is 17.8. The minimum absolute atomic E-state index is 0.121. The third-order valence-electron chi connectivity index (χ3n) is 3.59. The molecule has 1 aromatic heterocycles. The number of thioether (sulfide) groups is 1. The minimum Gasteiger partial charge on any atom is -0.457 e. The van der Waals surface area contributed by atoms with Gasteiger partial charge in [0.2, 0.25) is 0 Å². The summed E-state index contributed by atoms with van der Waals surface area (Å²) in [5.41, 5.74) is 2.65. The summed E-state index contributed by atoms with van der Waals surface area (Å²) in [4.78, 5) is 13.3. The fourth-order valence-corrected chi connectivity index (χ4v) is 3.28. The van der Waals surface area contributed by atoms with Crippen LogP contribution in [0.1, 0.15) is 32.9 Å². The summed E-state index contributed by atoms with van der Waals surface area (Å²) in [7, 11) is 0. The van der Waals surface area contributed by atoms with Crippen molar-refractivity contribution >= 4 is 17.7 Å². The van der Waals surface area contributed by atoms with Crippen molar-refractivity contribution in [3.63, 3.8) is 0 Å². The van der Waals surface area contributed by atoms with E-state index in [-0.39, 0.29) is 6.61 Å². The van der Waals surface area contributed by atoms with Gasteiger partial charge in [-0.25, -0.2) is 4.79 Å². The SMILES string of the molecule is Cc1cc(CSc2ccccc2C(=O)OCc2cccc(C#N)c2)no1. The van der Waals surface area contributed by atoms with E-state index in [0.717, 1.165) is 21.9 Å². The predicted molar refractivity (Wildman–Crippen MR) is 97.5 cm³/mol. The van der Waals surface area contributed by atoms with Gasteiger partial charge in [-0.3, -0.25) is 0 Å². The van der Waals surface area contributed by atoms with E-state index in [1.165, 1.54) is 11.8 Å². The number of nitrogens with zero attached hydrogens (tertiary/aromatic N) is 2. The number of ether oxygens (including phenoxy) is 1. The van der Waals surface area contributed by atoms with E-state index in [2.05, 4.69) is 11.2 Å². The summed E-state index contributed by atoms with van der Waals surface area (Å²) in [5, 5.41) is 12.9. The fourth-order valence-electron chi connectivity index (χ4n) is 2.36. The molecule has 5 nitrogen and oxygen atoms in total. The largest absolute Gasteiger partial charge is 0.457 e. The maximum absolute atomic E-state index is 12.5. The minimum atomic E-state index is -0.396. The van der Waals surface area contributed by atoms with Crippen molar-refractivity contribution in [1.29, 1.82) is 5.26 Å².